The number of carbonyl (C=O) groups excluding carboxylic acids is 1. The summed E-state index contributed by atoms with van der Waals surface area (Å²) in [5, 5.41) is 0. The maximum absolute atomic E-state index is 12.7. The van der Waals surface area contributed by atoms with Crippen LogP contribution >= 0.6 is 0 Å². The minimum atomic E-state index is 0.268. The molecule has 1 aliphatic rings. The van der Waals surface area contributed by atoms with Crippen molar-refractivity contribution < 1.29 is 9.53 Å². The van der Waals surface area contributed by atoms with Crippen molar-refractivity contribution in [2.45, 2.75) is 46.1 Å². The first kappa shape index (κ1) is 20.6. The molecule has 1 fully saturated rings. The fourth-order valence-corrected chi connectivity index (χ4v) is 3.37. The normalized spacial score (nSPS) is 15.0. The van der Waals surface area contributed by atoms with Crippen LogP contribution in [-0.4, -0.2) is 68.1 Å². The Morgan fingerprint density at radius 1 is 1.12 bits per heavy atom. The highest BCUT2D eigenvalue weighted by molar-refractivity contribution is 5.78. The molecule has 0 saturated carbocycles. The summed E-state index contributed by atoms with van der Waals surface area (Å²) < 4.78 is 5.22. The van der Waals surface area contributed by atoms with Crippen LogP contribution in [0, 0.1) is 0 Å². The molecule has 0 aromatic heterocycles. The molecule has 0 bridgehead atoms. The number of piperazine rings is 1. The van der Waals surface area contributed by atoms with E-state index in [4.69, 9.17) is 4.74 Å². The summed E-state index contributed by atoms with van der Waals surface area (Å²) in [7, 11) is 1.68. The lowest BCUT2D eigenvalue weighted by atomic mass is 10.2. The average Bonchev–Trinajstić information content (AvgIpc) is 2.67. The van der Waals surface area contributed by atoms with E-state index < -0.39 is 0 Å². The molecule has 26 heavy (non-hydrogen) atoms. The Morgan fingerprint density at radius 2 is 1.77 bits per heavy atom. The number of methoxy groups -OCH3 is 1. The van der Waals surface area contributed by atoms with Crippen LogP contribution in [-0.2, 0) is 4.79 Å². The highest BCUT2D eigenvalue weighted by Gasteiger charge is 2.23. The Balaban J connectivity index is 1.82. The van der Waals surface area contributed by atoms with Crippen LogP contribution in [0.25, 0.3) is 0 Å². The Hall–Kier alpha value is -1.75. The average molecular weight is 362 g/mol. The smallest absolute Gasteiger partial charge is 0.236 e. The number of amides is 1. The van der Waals surface area contributed by atoms with E-state index in [1.807, 2.05) is 17.0 Å². The van der Waals surface area contributed by atoms with Crippen LogP contribution in [0.15, 0.2) is 24.3 Å². The van der Waals surface area contributed by atoms with Crippen molar-refractivity contribution in [2.24, 2.45) is 0 Å². The van der Waals surface area contributed by atoms with E-state index in [0.29, 0.717) is 12.6 Å². The van der Waals surface area contributed by atoms with Crippen LogP contribution in [0.1, 0.15) is 40.0 Å². The number of unbranched alkanes of at least 4 members (excludes halogenated alkanes) is 2. The minimum absolute atomic E-state index is 0.268. The second kappa shape index (κ2) is 10.4. The molecule has 1 heterocycles. The maximum Gasteiger partial charge on any atom is 0.236 e. The monoisotopic (exact) mass is 361 g/mol. The molecule has 0 spiro atoms. The number of hydrogen-bond acceptors (Lipinski definition) is 4. The van der Waals surface area contributed by atoms with Gasteiger partial charge in [-0.3, -0.25) is 9.69 Å². The fraction of sp³-hybridized carbons (Fsp3) is 0.667. The van der Waals surface area contributed by atoms with E-state index in [0.717, 1.165) is 38.5 Å². The van der Waals surface area contributed by atoms with Gasteiger partial charge in [-0.2, -0.15) is 0 Å². The van der Waals surface area contributed by atoms with Crippen molar-refractivity contribution in [3.63, 3.8) is 0 Å². The van der Waals surface area contributed by atoms with Gasteiger partial charge in [-0.15, -0.1) is 0 Å². The first-order valence-electron chi connectivity index (χ1n) is 9.96. The Kier molecular flexibility index (Phi) is 8.23. The highest BCUT2D eigenvalue weighted by Crippen LogP contribution is 2.20. The predicted molar refractivity (Wildman–Crippen MR) is 108 cm³/mol. The second-order valence-electron chi connectivity index (χ2n) is 7.34. The molecule has 0 aliphatic carbocycles. The molecule has 2 rings (SSSR count). The topological polar surface area (TPSA) is 36.0 Å². The van der Waals surface area contributed by atoms with Gasteiger partial charge in [-0.05, 0) is 51.1 Å². The maximum atomic E-state index is 12.7. The van der Waals surface area contributed by atoms with Crippen molar-refractivity contribution in [2.75, 3.05) is 51.3 Å². The number of ether oxygens (including phenoxy) is 1. The van der Waals surface area contributed by atoms with E-state index >= 15 is 0 Å². The van der Waals surface area contributed by atoms with E-state index in [1.165, 1.54) is 24.9 Å². The van der Waals surface area contributed by atoms with Crippen molar-refractivity contribution in [3.8, 4) is 5.75 Å². The summed E-state index contributed by atoms with van der Waals surface area (Å²) in [6.07, 6.45) is 3.62. The Bertz CT molecular complexity index is 537. The molecule has 1 aromatic rings. The third kappa shape index (κ3) is 5.90. The summed E-state index contributed by atoms with van der Waals surface area (Å²) >= 11 is 0. The molecule has 5 heteroatoms. The van der Waals surface area contributed by atoms with Gasteiger partial charge in [0.2, 0.25) is 5.91 Å². The third-order valence-corrected chi connectivity index (χ3v) is 5.19. The molecule has 0 radical (unpaired) electrons. The molecule has 0 unspecified atom stereocenters. The van der Waals surface area contributed by atoms with Gasteiger partial charge in [-0.1, -0.05) is 19.8 Å². The zero-order valence-electron chi connectivity index (χ0n) is 16.9. The first-order valence-corrected chi connectivity index (χ1v) is 9.96. The largest absolute Gasteiger partial charge is 0.497 e. The minimum Gasteiger partial charge on any atom is -0.497 e. The third-order valence-electron chi connectivity index (χ3n) is 5.19. The number of nitrogens with zero attached hydrogens (tertiary/aromatic N) is 3. The molecule has 146 valence electrons. The van der Waals surface area contributed by atoms with Gasteiger partial charge >= 0.3 is 0 Å². The van der Waals surface area contributed by atoms with Crippen LogP contribution in [0.3, 0.4) is 0 Å². The fourth-order valence-electron chi connectivity index (χ4n) is 3.37. The zero-order valence-corrected chi connectivity index (χ0v) is 16.9. The molecule has 1 saturated heterocycles. The predicted octanol–water partition coefficient (Wildman–Crippen LogP) is 3.24. The standard InChI is InChI=1S/C21H35N3O2/c1-5-6-7-12-24(18(2)3)17-21(25)23-15-13-22(14-16-23)19-8-10-20(26-4)11-9-19/h8-11,18H,5-7,12-17H2,1-4H3. The molecular weight excluding hydrogens is 326 g/mol. The molecule has 0 atom stereocenters. The number of benzene rings is 1. The molecule has 1 aliphatic heterocycles. The zero-order chi connectivity index (χ0) is 18.9. The SMILES string of the molecule is CCCCCN(CC(=O)N1CCN(c2ccc(OC)cc2)CC1)C(C)C. The summed E-state index contributed by atoms with van der Waals surface area (Å²) in [4.78, 5) is 19.4. The van der Waals surface area contributed by atoms with Crippen LogP contribution < -0.4 is 9.64 Å². The van der Waals surface area contributed by atoms with Crippen LogP contribution in [0.4, 0.5) is 5.69 Å². The molecular formula is C21H35N3O2. The summed E-state index contributed by atoms with van der Waals surface area (Å²) in [5.41, 5.74) is 1.20. The molecule has 1 amide bonds. The van der Waals surface area contributed by atoms with Gasteiger partial charge in [0.1, 0.15) is 5.75 Å². The van der Waals surface area contributed by atoms with Gasteiger partial charge in [0.25, 0.3) is 0 Å². The van der Waals surface area contributed by atoms with E-state index in [9.17, 15) is 4.79 Å². The summed E-state index contributed by atoms with van der Waals surface area (Å²) in [6.45, 7) is 11.5. The van der Waals surface area contributed by atoms with Crippen molar-refractivity contribution in [1.29, 1.82) is 0 Å². The number of anilines is 1. The quantitative estimate of drug-likeness (QED) is 0.633. The number of rotatable bonds is 9. The number of hydrogen-bond donors (Lipinski definition) is 0. The van der Waals surface area contributed by atoms with Crippen molar-refractivity contribution in [3.05, 3.63) is 24.3 Å². The van der Waals surface area contributed by atoms with Gasteiger partial charge in [0.15, 0.2) is 0 Å². The molecule has 1 aromatic carbocycles. The van der Waals surface area contributed by atoms with Gasteiger partial charge in [0, 0.05) is 37.9 Å². The van der Waals surface area contributed by atoms with Crippen molar-refractivity contribution >= 4 is 11.6 Å². The summed E-state index contributed by atoms with van der Waals surface area (Å²) in [5.74, 6) is 1.14. The van der Waals surface area contributed by atoms with E-state index in [1.54, 1.807) is 7.11 Å². The lowest BCUT2D eigenvalue weighted by Crippen LogP contribution is -2.52. The first-order chi connectivity index (χ1) is 12.5. The Labute approximate surface area is 158 Å². The van der Waals surface area contributed by atoms with Gasteiger partial charge in [0.05, 0.1) is 13.7 Å². The lowest BCUT2D eigenvalue weighted by Gasteiger charge is -2.37. The molecule has 5 nitrogen and oxygen atoms in total. The molecule has 0 N–H and O–H groups in total. The second-order valence-corrected chi connectivity index (χ2v) is 7.34. The van der Waals surface area contributed by atoms with Gasteiger partial charge < -0.3 is 14.5 Å². The van der Waals surface area contributed by atoms with Gasteiger partial charge in [-0.25, -0.2) is 0 Å². The summed E-state index contributed by atoms with van der Waals surface area (Å²) in [6, 6.07) is 8.57. The van der Waals surface area contributed by atoms with E-state index in [2.05, 4.69) is 42.7 Å². The highest BCUT2D eigenvalue weighted by atomic mass is 16.5. The van der Waals surface area contributed by atoms with E-state index in [-0.39, 0.29) is 5.91 Å². The van der Waals surface area contributed by atoms with Crippen LogP contribution in [0.2, 0.25) is 0 Å². The Morgan fingerprint density at radius 3 is 2.31 bits per heavy atom. The number of carbonyl (C=O) groups is 1. The van der Waals surface area contributed by atoms with Crippen molar-refractivity contribution in [1.82, 2.24) is 9.80 Å². The lowest BCUT2D eigenvalue weighted by molar-refractivity contribution is -0.133. The van der Waals surface area contributed by atoms with Crippen LogP contribution in [0.5, 0.6) is 5.75 Å².